The first-order valence-corrected chi connectivity index (χ1v) is 5.60. The van der Waals surface area contributed by atoms with Gasteiger partial charge in [0.25, 0.3) is 0 Å². The van der Waals surface area contributed by atoms with Crippen LogP contribution in [-0.2, 0) is 0 Å². The lowest BCUT2D eigenvalue weighted by atomic mass is 10.2. The van der Waals surface area contributed by atoms with Crippen LogP contribution in [0.4, 0.5) is 5.82 Å². The number of nitrogen functional groups attached to an aromatic ring is 1. The van der Waals surface area contributed by atoms with Gasteiger partial charge in [-0.25, -0.2) is 9.97 Å². The van der Waals surface area contributed by atoms with Crippen molar-refractivity contribution in [3.8, 4) is 11.5 Å². The third-order valence-electron chi connectivity index (χ3n) is 2.40. The quantitative estimate of drug-likeness (QED) is 0.871. The molecule has 0 atom stereocenters. The molecule has 2 aromatic rings. The van der Waals surface area contributed by atoms with E-state index in [4.69, 9.17) is 5.73 Å². The van der Waals surface area contributed by atoms with E-state index in [2.05, 4.69) is 30.9 Å². The fourth-order valence-electron chi connectivity index (χ4n) is 1.31. The molecule has 0 amide bonds. The van der Waals surface area contributed by atoms with E-state index >= 15 is 0 Å². The van der Waals surface area contributed by atoms with Gasteiger partial charge in [-0.05, 0) is 41.9 Å². The predicted molar refractivity (Wildman–Crippen MR) is 66.8 cm³/mol. The van der Waals surface area contributed by atoms with E-state index in [0.29, 0.717) is 17.3 Å². The van der Waals surface area contributed by atoms with Gasteiger partial charge in [-0.3, -0.25) is 4.98 Å². The van der Waals surface area contributed by atoms with Gasteiger partial charge in [0.1, 0.15) is 11.5 Å². The van der Waals surface area contributed by atoms with Crippen molar-refractivity contribution in [1.82, 2.24) is 15.0 Å². The van der Waals surface area contributed by atoms with Crippen molar-refractivity contribution >= 4 is 21.7 Å². The van der Waals surface area contributed by atoms with Gasteiger partial charge in [-0.15, -0.1) is 0 Å². The molecule has 0 aromatic carbocycles. The lowest BCUT2D eigenvalue weighted by Crippen LogP contribution is -2.03. The van der Waals surface area contributed by atoms with E-state index in [9.17, 15) is 0 Å². The van der Waals surface area contributed by atoms with Gasteiger partial charge in [0.05, 0.1) is 0 Å². The molecular weight excluding hydrogens is 268 g/mol. The number of halogens is 1. The minimum atomic E-state index is 0.500. The first-order valence-electron chi connectivity index (χ1n) is 4.81. The molecule has 4 nitrogen and oxygen atoms in total. The summed E-state index contributed by atoms with van der Waals surface area (Å²) in [6.07, 6.45) is 1.70. The Balaban J connectivity index is 2.62. The molecule has 0 saturated carbocycles. The van der Waals surface area contributed by atoms with E-state index < -0.39 is 0 Å². The summed E-state index contributed by atoms with van der Waals surface area (Å²) in [4.78, 5) is 12.9. The Morgan fingerprint density at radius 1 is 1.25 bits per heavy atom. The number of hydrogen-bond acceptors (Lipinski definition) is 4. The minimum absolute atomic E-state index is 0.500. The zero-order chi connectivity index (χ0) is 11.7. The van der Waals surface area contributed by atoms with Crippen molar-refractivity contribution in [3.63, 3.8) is 0 Å². The largest absolute Gasteiger partial charge is 0.383 e. The zero-order valence-electron chi connectivity index (χ0n) is 9.03. The standard InChI is InChI=1S/C11H11BrN4/c1-6-7(2)15-11(16-10(6)13)9-8(12)4-3-5-14-9/h3-5H,1-2H3,(H2,13,15,16). The van der Waals surface area contributed by atoms with Crippen molar-refractivity contribution in [2.24, 2.45) is 0 Å². The van der Waals surface area contributed by atoms with Crippen LogP contribution in [0.15, 0.2) is 22.8 Å². The van der Waals surface area contributed by atoms with Gasteiger partial charge < -0.3 is 5.73 Å². The van der Waals surface area contributed by atoms with Crippen LogP contribution in [-0.4, -0.2) is 15.0 Å². The molecule has 0 saturated heterocycles. The molecule has 0 radical (unpaired) electrons. The normalized spacial score (nSPS) is 10.4. The third kappa shape index (κ3) is 1.90. The minimum Gasteiger partial charge on any atom is -0.383 e. The zero-order valence-corrected chi connectivity index (χ0v) is 10.6. The number of aromatic nitrogens is 3. The van der Waals surface area contributed by atoms with Gasteiger partial charge in [-0.2, -0.15) is 0 Å². The molecule has 0 aliphatic carbocycles. The van der Waals surface area contributed by atoms with Crippen molar-refractivity contribution in [2.45, 2.75) is 13.8 Å². The smallest absolute Gasteiger partial charge is 0.181 e. The van der Waals surface area contributed by atoms with Gasteiger partial charge in [-0.1, -0.05) is 0 Å². The molecule has 0 unspecified atom stereocenters. The molecule has 0 aliphatic rings. The molecular formula is C11H11BrN4. The maximum atomic E-state index is 5.81. The van der Waals surface area contributed by atoms with Crippen LogP contribution in [0.5, 0.6) is 0 Å². The number of nitrogens with zero attached hydrogens (tertiary/aromatic N) is 3. The fourth-order valence-corrected chi connectivity index (χ4v) is 1.74. The highest BCUT2D eigenvalue weighted by atomic mass is 79.9. The molecule has 16 heavy (non-hydrogen) atoms. The Kier molecular flexibility index (Phi) is 2.87. The van der Waals surface area contributed by atoms with E-state index in [1.165, 1.54) is 0 Å². The number of hydrogen-bond donors (Lipinski definition) is 1. The summed E-state index contributed by atoms with van der Waals surface area (Å²) in [6.45, 7) is 3.82. The van der Waals surface area contributed by atoms with E-state index in [1.807, 2.05) is 26.0 Å². The Bertz CT molecular complexity index is 516. The van der Waals surface area contributed by atoms with Crippen molar-refractivity contribution < 1.29 is 0 Å². The monoisotopic (exact) mass is 278 g/mol. The molecule has 0 bridgehead atoms. The van der Waals surface area contributed by atoms with Gasteiger partial charge in [0.15, 0.2) is 5.82 Å². The van der Waals surface area contributed by atoms with Gasteiger partial charge in [0, 0.05) is 21.9 Å². The lowest BCUT2D eigenvalue weighted by Gasteiger charge is -2.07. The summed E-state index contributed by atoms with van der Waals surface area (Å²) >= 11 is 3.42. The molecule has 0 fully saturated rings. The highest BCUT2D eigenvalue weighted by Gasteiger charge is 2.10. The topological polar surface area (TPSA) is 64.7 Å². The maximum absolute atomic E-state index is 5.81. The van der Waals surface area contributed by atoms with Gasteiger partial charge >= 0.3 is 0 Å². The Hall–Kier alpha value is -1.49. The Morgan fingerprint density at radius 3 is 2.62 bits per heavy atom. The second kappa shape index (κ2) is 4.17. The average Bonchev–Trinajstić information content (AvgIpc) is 2.26. The number of pyridine rings is 1. The van der Waals surface area contributed by atoms with Crippen LogP contribution in [0.1, 0.15) is 11.3 Å². The highest BCUT2D eigenvalue weighted by Crippen LogP contribution is 2.24. The second-order valence-corrected chi connectivity index (χ2v) is 4.33. The summed E-state index contributed by atoms with van der Waals surface area (Å²) in [7, 11) is 0. The van der Waals surface area contributed by atoms with Crippen molar-refractivity contribution in [3.05, 3.63) is 34.1 Å². The maximum Gasteiger partial charge on any atom is 0.181 e. The van der Waals surface area contributed by atoms with E-state index in [-0.39, 0.29) is 0 Å². The molecule has 2 aromatic heterocycles. The van der Waals surface area contributed by atoms with Crippen LogP contribution < -0.4 is 5.73 Å². The summed E-state index contributed by atoms with van der Waals surface area (Å²) in [5.41, 5.74) is 8.31. The van der Waals surface area contributed by atoms with E-state index in [0.717, 1.165) is 15.7 Å². The summed E-state index contributed by atoms with van der Waals surface area (Å²) in [6, 6.07) is 3.75. The molecule has 2 rings (SSSR count). The third-order valence-corrected chi connectivity index (χ3v) is 3.04. The highest BCUT2D eigenvalue weighted by molar-refractivity contribution is 9.10. The van der Waals surface area contributed by atoms with Crippen LogP contribution in [0.2, 0.25) is 0 Å². The van der Waals surface area contributed by atoms with Crippen molar-refractivity contribution in [2.75, 3.05) is 5.73 Å². The first-order chi connectivity index (χ1) is 7.59. The molecule has 2 heterocycles. The molecule has 0 spiro atoms. The molecule has 2 N–H and O–H groups in total. The van der Waals surface area contributed by atoms with Gasteiger partial charge in [0.2, 0.25) is 0 Å². The summed E-state index contributed by atoms with van der Waals surface area (Å²) in [5.74, 6) is 1.05. The number of anilines is 1. The Labute approximate surface area is 102 Å². The average molecular weight is 279 g/mol. The first kappa shape index (κ1) is 11.0. The summed E-state index contributed by atoms with van der Waals surface area (Å²) < 4.78 is 0.859. The van der Waals surface area contributed by atoms with Crippen molar-refractivity contribution in [1.29, 1.82) is 0 Å². The molecule has 0 aliphatic heterocycles. The lowest BCUT2D eigenvalue weighted by molar-refractivity contribution is 1.06. The second-order valence-electron chi connectivity index (χ2n) is 3.48. The Morgan fingerprint density at radius 2 is 2.00 bits per heavy atom. The molecule has 5 heteroatoms. The van der Waals surface area contributed by atoms with E-state index in [1.54, 1.807) is 6.20 Å². The number of aryl methyl sites for hydroxylation is 1. The SMILES string of the molecule is Cc1nc(-c2ncccc2Br)nc(N)c1C. The summed E-state index contributed by atoms with van der Waals surface area (Å²) in [5, 5.41) is 0. The van der Waals surface area contributed by atoms with Crippen LogP contribution in [0.3, 0.4) is 0 Å². The number of nitrogens with two attached hydrogens (primary N) is 1. The van der Waals surface area contributed by atoms with Crippen LogP contribution >= 0.6 is 15.9 Å². The molecule has 82 valence electrons. The predicted octanol–water partition coefficient (Wildman–Crippen LogP) is 2.50. The number of rotatable bonds is 1. The fraction of sp³-hybridized carbons (Fsp3) is 0.182. The van der Waals surface area contributed by atoms with Crippen LogP contribution in [0, 0.1) is 13.8 Å². The van der Waals surface area contributed by atoms with Crippen LogP contribution in [0.25, 0.3) is 11.5 Å².